The SMILES string of the molecule is CN(C)C1(C(NN)c2c(Cl)cnn2C)CCCCC1. The summed E-state index contributed by atoms with van der Waals surface area (Å²) in [7, 11) is 6.16. The quantitative estimate of drug-likeness (QED) is 0.655. The van der Waals surface area contributed by atoms with Gasteiger partial charge in [0.15, 0.2) is 0 Å². The smallest absolute Gasteiger partial charge is 0.0835 e. The first-order valence-corrected chi connectivity index (χ1v) is 7.21. The van der Waals surface area contributed by atoms with Gasteiger partial charge in [0.1, 0.15) is 0 Å². The van der Waals surface area contributed by atoms with Gasteiger partial charge in [-0.2, -0.15) is 5.10 Å². The molecule has 6 heteroatoms. The van der Waals surface area contributed by atoms with Crippen molar-refractivity contribution < 1.29 is 0 Å². The Kier molecular flexibility index (Phi) is 4.50. The Morgan fingerprint density at radius 3 is 2.47 bits per heavy atom. The first kappa shape index (κ1) is 14.8. The number of nitrogens with zero attached hydrogens (tertiary/aromatic N) is 3. The molecule has 0 aliphatic heterocycles. The Morgan fingerprint density at radius 1 is 1.42 bits per heavy atom. The summed E-state index contributed by atoms with van der Waals surface area (Å²) < 4.78 is 1.83. The maximum atomic E-state index is 6.31. The number of likely N-dealkylation sites (N-methyl/N-ethyl adjacent to an activating group) is 1. The van der Waals surface area contributed by atoms with E-state index in [2.05, 4.69) is 29.5 Å². The van der Waals surface area contributed by atoms with Gasteiger partial charge in [0.25, 0.3) is 0 Å². The molecule has 0 aromatic carbocycles. The molecule has 2 rings (SSSR count). The van der Waals surface area contributed by atoms with Gasteiger partial charge in [0, 0.05) is 12.6 Å². The lowest BCUT2D eigenvalue weighted by atomic mass is 9.74. The minimum atomic E-state index is -0.0113. The zero-order valence-corrected chi connectivity index (χ0v) is 12.7. The van der Waals surface area contributed by atoms with Crippen molar-refractivity contribution >= 4 is 11.6 Å². The molecule has 0 saturated heterocycles. The zero-order chi connectivity index (χ0) is 14.0. The van der Waals surface area contributed by atoms with Crippen molar-refractivity contribution in [1.82, 2.24) is 20.1 Å². The Hall–Kier alpha value is -0.620. The van der Waals surface area contributed by atoms with Crippen LogP contribution in [-0.2, 0) is 7.05 Å². The zero-order valence-electron chi connectivity index (χ0n) is 12.0. The molecule has 3 N–H and O–H groups in total. The number of nitrogens with two attached hydrogens (primary N) is 1. The van der Waals surface area contributed by atoms with E-state index < -0.39 is 0 Å². The average Bonchev–Trinajstić information content (AvgIpc) is 2.72. The van der Waals surface area contributed by atoms with Gasteiger partial charge < -0.3 is 4.90 Å². The molecule has 1 atom stereocenters. The molecule has 0 amide bonds. The number of hydrogen-bond donors (Lipinski definition) is 2. The molecule has 1 saturated carbocycles. The van der Waals surface area contributed by atoms with Crippen LogP contribution in [0.25, 0.3) is 0 Å². The van der Waals surface area contributed by atoms with Crippen LogP contribution < -0.4 is 11.3 Å². The van der Waals surface area contributed by atoms with Crippen LogP contribution in [0, 0.1) is 0 Å². The summed E-state index contributed by atoms with van der Waals surface area (Å²) in [4.78, 5) is 2.29. The highest BCUT2D eigenvalue weighted by Crippen LogP contribution is 2.43. The fourth-order valence-corrected chi connectivity index (χ4v) is 3.67. The van der Waals surface area contributed by atoms with Gasteiger partial charge in [-0.25, -0.2) is 5.43 Å². The van der Waals surface area contributed by atoms with Crippen LogP contribution in [0.3, 0.4) is 0 Å². The van der Waals surface area contributed by atoms with E-state index in [1.165, 1.54) is 19.3 Å². The van der Waals surface area contributed by atoms with Gasteiger partial charge in [-0.15, -0.1) is 0 Å². The summed E-state index contributed by atoms with van der Waals surface area (Å²) in [5.41, 5.74) is 3.97. The number of halogens is 1. The molecule has 1 aliphatic carbocycles. The minimum Gasteiger partial charge on any atom is -0.302 e. The second-order valence-electron chi connectivity index (χ2n) is 5.66. The number of aromatic nitrogens is 2. The average molecular weight is 286 g/mol. The Morgan fingerprint density at radius 2 is 2.05 bits per heavy atom. The third-order valence-electron chi connectivity index (χ3n) is 4.53. The van der Waals surface area contributed by atoms with E-state index in [0.29, 0.717) is 5.02 Å². The molecule has 1 fully saturated rings. The Labute approximate surface area is 120 Å². The molecule has 1 aromatic rings. The van der Waals surface area contributed by atoms with E-state index >= 15 is 0 Å². The van der Waals surface area contributed by atoms with Gasteiger partial charge in [-0.3, -0.25) is 10.5 Å². The van der Waals surface area contributed by atoms with Crippen LogP contribution >= 0.6 is 11.6 Å². The lowest BCUT2D eigenvalue weighted by Gasteiger charge is -2.48. The fraction of sp³-hybridized carbons (Fsp3) is 0.769. The van der Waals surface area contributed by atoms with Crippen LogP contribution in [0.5, 0.6) is 0 Å². The standard InChI is InChI=1S/C13H24ClN5/c1-18(2)13(7-5-4-6-8-13)12(17-15)11-10(14)9-16-19(11)3/h9,12,17H,4-8,15H2,1-3H3. The molecule has 0 bridgehead atoms. The molecular formula is C13H24ClN5. The lowest BCUT2D eigenvalue weighted by Crippen LogP contribution is -2.56. The van der Waals surface area contributed by atoms with Crippen molar-refractivity contribution in [3.63, 3.8) is 0 Å². The van der Waals surface area contributed by atoms with Crippen molar-refractivity contribution in [2.45, 2.75) is 43.7 Å². The topological polar surface area (TPSA) is 59.1 Å². The second-order valence-corrected chi connectivity index (χ2v) is 6.07. The first-order chi connectivity index (χ1) is 9.03. The third-order valence-corrected chi connectivity index (χ3v) is 4.82. The highest BCUT2D eigenvalue weighted by Gasteiger charge is 2.44. The maximum absolute atomic E-state index is 6.31. The Bertz CT molecular complexity index is 403. The van der Waals surface area contributed by atoms with E-state index in [4.69, 9.17) is 17.4 Å². The predicted octanol–water partition coefficient (Wildman–Crippen LogP) is 1.84. The van der Waals surface area contributed by atoms with Crippen molar-refractivity contribution in [3.05, 3.63) is 16.9 Å². The highest BCUT2D eigenvalue weighted by atomic mass is 35.5. The van der Waals surface area contributed by atoms with E-state index in [1.54, 1.807) is 6.20 Å². The number of nitrogens with one attached hydrogen (secondary N) is 1. The maximum Gasteiger partial charge on any atom is 0.0835 e. The molecule has 1 aromatic heterocycles. The number of rotatable bonds is 4. The monoisotopic (exact) mass is 285 g/mol. The van der Waals surface area contributed by atoms with Gasteiger partial charge in [-0.05, 0) is 26.9 Å². The number of aryl methyl sites for hydroxylation is 1. The summed E-state index contributed by atoms with van der Waals surface area (Å²) in [5, 5.41) is 4.92. The first-order valence-electron chi connectivity index (χ1n) is 6.84. The molecular weight excluding hydrogens is 262 g/mol. The predicted molar refractivity (Wildman–Crippen MR) is 77.8 cm³/mol. The van der Waals surface area contributed by atoms with E-state index in [-0.39, 0.29) is 11.6 Å². The minimum absolute atomic E-state index is 0.00440. The normalized spacial score (nSPS) is 20.7. The summed E-state index contributed by atoms with van der Waals surface area (Å²) in [5.74, 6) is 5.88. The van der Waals surface area contributed by atoms with Crippen LogP contribution in [0.4, 0.5) is 0 Å². The molecule has 1 aliphatic rings. The van der Waals surface area contributed by atoms with E-state index in [0.717, 1.165) is 18.5 Å². The molecule has 1 unspecified atom stereocenters. The molecule has 0 spiro atoms. The van der Waals surface area contributed by atoms with Gasteiger partial charge in [0.05, 0.1) is 23.0 Å². The summed E-state index contributed by atoms with van der Waals surface area (Å²) in [6, 6.07) is -0.0113. The van der Waals surface area contributed by atoms with E-state index in [1.807, 2.05) is 11.7 Å². The Balaban J connectivity index is 2.43. The van der Waals surface area contributed by atoms with Crippen LogP contribution in [0.2, 0.25) is 5.02 Å². The van der Waals surface area contributed by atoms with Crippen LogP contribution in [-0.4, -0.2) is 34.3 Å². The summed E-state index contributed by atoms with van der Waals surface area (Å²) in [6.07, 6.45) is 7.68. The molecule has 1 heterocycles. The van der Waals surface area contributed by atoms with Gasteiger partial charge in [0.2, 0.25) is 0 Å². The second kappa shape index (κ2) is 5.79. The van der Waals surface area contributed by atoms with Crippen molar-refractivity contribution in [1.29, 1.82) is 0 Å². The molecule has 108 valence electrons. The summed E-state index contributed by atoms with van der Waals surface area (Å²) >= 11 is 6.31. The molecule has 5 nitrogen and oxygen atoms in total. The van der Waals surface area contributed by atoms with Crippen molar-refractivity contribution in [3.8, 4) is 0 Å². The number of hydrazine groups is 1. The van der Waals surface area contributed by atoms with Crippen molar-refractivity contribution in [2.24, 2.45) is 12.9 Å². The van der Waals surface area contributed by atoms with E-state index in [9.17, 15) is 0 Å². The van der Waals surface area contributed by atoms with Gasteiger partial charge >= 0.3 is 0 Å². The van der Waals surface area contributed by atoms with Gasteiger partial charge in [-0.1, -0.05) is 30.9 Å². The molecule has 0 radical (unpaired) electrons. The van der Waals surface area contributed by atoms with Crippen LogP contribution in [0.15, 0.2) is 6.20 Å². The largest absolute Gasteiger partial charge is 0.302 e. The summed E-state index contributed by atoms with van der Waals surface area (Å²) in [6.45, 7) is 0. The lowest BCUT2D eigenvalue weighted by molar-refractivity contribution is 0.0534. The van der Waals surface area contributed by atoms with Crippen LogP contribution in [0.1, 0.15) is 43.8 Å². The highest BCUT2D eigenvalue weighted by molar-refractivity contribution is 6.31. The number of hydrogen-bond acceptors (Lipinski definition) is 4. The molecule has 19 heavy (non-hydrogen) atoms. The third kappa shape index (κ3) is 2.52. The fourth-order valence-electron chi connectivity index (χ4n) is 3.39. The van der Waals surface area contributed by atoms with Crippen molar-refractivity contribution in [2.75, 3.05) is 14.1 Å².